The second kappa shape index (κ2) is 17.7. The number of carboxylic acids is 1. The Bertz CT molecular complexity index is 721. The lowest BCUT2D eigenvalue weighted by atomic mass is 9.84. The van der Waals surface area contributed by atoms with Crippen LogP contribution in [0.4, 0.5) is 0 Å². The molecule has 0 aromatic heterocycles. The van der Waals surface area contributed by atoms with Crippen molar-refractivity contribution < 1.29 is 38.8 Å². The Labute approximate surface area is 188 Å². The van der Waals surface area contributed by atoms with Crippen molar-refractivity contribution in [1.82, 2.24) is 0 Å². The number of aliphatic hydroxyl groups is 1. The molecule has 2 aromatic rings. The smallest absolute Gasteiger partial charge is 0.303 e. The van der Waals surface area contributed by atoms with Gasteiger partial charge < -0.3 is 24.4 Å². The number of carbonyl (C=O) groups is 3. The summed E-state index contributed by atoms with van der Waals surface area (Å²) in [4.78, 5) is 33.6. The molecule has 176 valence electrons. The van der Waals surface area contributed by atoms with Crippen LogP contribution in [0.3, 0.4) is 0 Å². The van der Waals surface area contributed by atoms with Gasteiger partial charge in [0.2, 0.25) is 0 Å². The number of hydrogen-bond donors (Lipinski definition) is 2. The Morgan fingerprint density at radius 3 is 1.38 bits per heavy atom. The summed E-state index contributed by atoms with van der Waals surface area (Å²) < 4.78 is 13.8. The number of carboxylic acid groups (broad SMARTS) is 1. The molecule has 1 aliphatic rings. The maximum atomic E-state index is 12.1. The Morgan fingerprint density at radius 2 is 1.12 bits per heavy atom. The van der Waals surface area contributed by atoms with Crippen LogP contribution in [0.25, 0.3) is 0 Å². The number of ether oxygens (including phenoxy) is 3. The molecular formula is C24H32O8. The van der Waals surface area contributed by atoms with Crippen LogP contribution in [-0.4, -0.2) is 75.5 Å². The molecular weight excluding hydrogens is 416 g/mol. The van der Waals surface area contributed by atoms with Gasteiger partial charge in [-0.1, -0.05) is 55.5 Å². The zero-order chi connectivity index (χ0) is 24.4. The Kier molecular flexibility index (Phi) is 16.1. The molecule has 32 heavy (non-hydrogen) atoms. The van der Waals surface area contributed by atoms with Gasteiger partial charge in [-0.2, -0.15) is 0 Å². The second-order valence-electron chi connectivity index (χ2n) is 6.23. The first-order valence-corrected chi connectivity index (χ1v) is 9.96. The minimum atomic E-state index is -0.745. The molecule has 0 aliphatic heterocycles. The third-order valence-corrected chi connectivity index (χ3v) is 3.80. The molecule has 0 saturated carbocycles. The number of hydrogen-bond acceptors (Lipinski definition) is 7. The highest BCUT2D eigenvalue weighted by Crippen LogP contribution is 2.26. The number of benzene rings is 2. The van der Waals surface area contributed by atoms with Crippen LogP contribution in [0.5, 0.6) is 0 Å². The van der Waals surface area contributed by atoms with Crippen LogP contribution in [-0.2, 0) is 19.0 Å². The van der Waals surface area contributed by atoms with E-state index in [1.165, 1.54) is 0 Å². The summed E-state index contributed by atoms with van der Waals surface area (Å²) in [6.07, 6.45) is 0.222. The van der Waals surface area contributed by atoms with E-state index >= 15 is 0 Å². The van der Waals surface area contributed by atoms with Gasteiger partial charge in [-0.25, -0.2) is 0 Å². The van der Waals surface area contributed by atoms with E-state index in [0.717, 1.165) is 0 Å². The van der Waals surface area contributed by atoms with Gasteiger partial charge >= 0.3 is 5.97 Å². The van der Waals surface area contributed by atoms with Crippen molar-refractivity contribution in [3.63, 3.8) is 0 Å². The first-order chi connectivity index (χ1) is 15.4. The van der Waals surface area contributed by atoms with E-state index in [0.29, 0.717) is 42.1 Å². The van der Waals surface area contributed by atoms with Crippen LogP contribution in [0, 0.1) is 0 Å². The quantitative estimate of drug-likeness (QED) is 0.553. The van der Waals surface area contributed by atoms with Crippen LogP contribution in [0.2, 0.25) is 0 Å². The molecule has 0 heterocycles. The monoisotopic (exact) mass is 448 g/mol. The van der Waals surface area contributed by atoms with E-state index in [2.05, 4.69) is 9.47 Å². The van der Waals surface area contributed by atoms with Crippen molar-refractivity contribution in [3.05, 3.63) is 70.8 Å². The van der Waals surface area contributed by atoms with E-state index in [-0.39, 0.29) is 24.6 Å². The van der Waals surface area contributed by atoms with E-state index in [9.17, 15) is 14.4 Å². The predicted octanol–water partition coefficient (Wildman–Crippen LogP) is 2.85. The van der Waals surface area contributed by atoms with E-state index < -0.39 is 5.97 Å². The van der Waals surface area contributed by atoms with Gasteiger partial charge in [0.15, 0.2) is 11.6 Å². The summed E-state index contributed by atoms with van der Waals surface area (Å²) in [5.41, 5.74) is 2.02. The summed E-state index contributed by atoms with van der Waals surface area (Å²) >= 11 is 0. The van der Waals surface area contributed by atoms with Crippen LogP contribution < -0.4 is 0 Å². The fourth-order valence-corrected chi connectivity index (χ4v) is 2.36. The highest BCUT2D eigenvalue weighted by molar-refractivity contribution is 6.28. The Hall–Kier alpha value is -2.91. The molecule has 0 unspecified atom stereocenters. The third-order valence-electron chi connectivity index (χ3n) is 3.80. The summed E-state index contributed by atoms with van der Waals surface area (Å²) in [7, 11) is 4.86. The molecule has 0 amide bonds. The van der Waals surface area contributed by atoms with Gasteiger partial charge in [0.1, 0.15) is 0 Å². The summed E-state index contributed by atoms with van der Waals surface area (Å²) in [5.74, 6) is -0.874. The van der Waals surface area contributed by atoms with Crippen LogP contribution >= 0.6 is 0 Å². The molecule has 0 atom stereocenters. The molecule has 2 aromatic carbocycles. The van der Waals surface area contributed by atoms with Crippen molar-refractivity contribution in [2.24, 2.45) is 0 Å². The number of aliphatic carboxylic acids is 1. The van der Waals surface area contributed by atoms with Crippen molar-refractivity contribution in [2.45, 2.75) is 13.3 Å². The number of methoxy groups -OCH3 is 2. The van der Waals surface area contributed by atoms with Gasteiger partial charge in [-0.3, -0.25) is 14.4 Å². The van der Waals surface area contributed by atoms with Crippen molar-refractivity contribution >= 4 is 17.5 Å². The maximum absolute atomic E-state index is 12.1. The zero-order valence-electron chi connectivity index (χ0n) is 19.0. The van der Waals surface area contributed by atoms with E-state index in [4.69, 9.17) is 14.9 Å². The molecule has 0 spiro atoms. The highest BCUT2D eigenvalue weighted by Gasteiger charge is 2.28. The zero-order valence-corrected chi connectivity index (χ0v) is 19.0. The first-order valence-electron chi connectivity index (χ1n) is 9.96. The summed E-state index contributed by atoms with van der Waals surface area (Å²) in [6.45, 7) is 3.26. The second-order valence-corrected chi connectivity index (χ2v) is 6.23. The predicted molar refractivity (Wildman–Crippen MR) is 120 cm³/mol. The van der Waals surface area contributed by atoms with Crippen molar-refractivity contribution in [1.29, 1.82) is 0 Å². The van der Waals surface area contributed by atoms with E-state index in [1.54, 1.807) is 76.8 Å². The van der Waals surface area contributed by atoms with Crippen LogP contribution in [0.1, 0.15) is 45.2 Å². The number of ketones is 2. The standard InChI is InChI=1S/C14H8O2.C5H12O3.C3H6O2.C2H6O/c15-13-9-5-1-2-6-10(9)14(16)12-8-4-3-7-11(12)13;1-7-4-5-8-3-2-6;1-2-3(4)5;1-3-2/h1-8H;6H,2-5H2,1H3;2H2,1H3,(H,4,5);1-2H3. The summed E-state index contributed by atoms with van der Waals surface area (Å²) in [6, 6.07) is 13.9. The Morgan fingerprint density at radius 1 is 0.781 bits per heavy atom. The molecule has 0 fully saturated rings. The highest BCUT2D eigenvalue weighted by atomic mass is 16.5. The molecule has 0 radical (unpaired) electrons. The lowest BCUT2D eigenvalue weighted by Crippen LogP contribution is -2.20. The normalized spacial score (nSPS) is 10.8. The number of rotatable bonds is 6. The fourth-order valence-electron chi connectivity index (χ4n) is 2.36. The number of fused-ring (bicyclic) bond motifs is 2. The van der Waals surface area contributed by atoms with Crippen molar-refractivity contribution in [2.75, 3.05) is 47.8 Å². The number of aliphatic hydroxyl groups excluding tert-OH is 1. The molecule has 0 saturated heterocycles. The number of carbonyl (C=O) groups excluding carboxylic acids is 2. The Balaban J connectivity index is 0.000000506. The lowest BCUT2D eigenvalue weighted by Gasteiger charge is -2.16. The average molecular weight is 449 g/mol. The van der Waals surface area contributed by atoms with Gasteiger partial charge in [0.05, 0.1) is 26.4 Å². The minimum Gasteiger partial charge on any atom is -0.481 e. The summed E-state index contributed by atoms with van der Waals surface area (Å²) in [5, 5.41) is 15.9. The van der Waals surface area contributed by atoms with Crippen molar-refractivity contribution in [3.8, 4) is 0 Å². The lowest BCUT2D eigenvalue weighted by molar-refractivity contribution is -0.136. The minimum absolute atomic E-state index is 0.0641. The third kappa shape index (κ3) is 10.4. The van der Waals surface area contributed by atoms with E-state index in [1.807, 2.05) is 0 Å². The van der Waals surface area contributed by atoms with Crippen LogP contribution in [0.15, 0.2) is 48.5 Å². The topological polar surface area (TPSA) is 119 Å². The average Bonchev–Trinajstić information content (AvgIpc) is 2.82. The van der Waals surface area contributed by atoms with Gasteiger partial charge in [0.25, 0.3) is 0 Å². The van der Waals surface area contributed by atoms with Gasteiger partial charge in [0, 0.05) is 50.0 Å². The maximum Gasteiger partial charge on any atom is 0.303 e. The first kappa shape index (κ1) is 29.1. The molecule has 2 N–H and O–H groups in total. The largest absolute Gasteiger partial charge is 0.481 e. The molecule has 3 rings (SSSR count). The van der Waals surface area contributed by atoms with Gasteiger partial charge in [-0.15, -0.1) is 0 Å². The van der Waals surface area contributed by atoms with Gasteiger partial charge in [-0.05, 0) is 0 Å². The fraction of sp³-hybridized carbons (Fsp3) is 0.375. The molecule has 8 heteroatoms. The molecule has 8 nitrogen and oxygen atoms in total. The molecule has 0 bridgehead atoms. The SMILES string of the molecule is CCC(=O)O.COC.COCCOCCO.O=C1c2ccccc2C(=O)c2ccccc21. The molecule has 1 aliphatic carbocycles.